The highest BCUT2D eigenvalue weighted by Crippen LogP contribution is 2.50. The maximum Gasteiger partial charge on any atom is 0.356 e. The summed E-state index contributed by atoms with van der Waals surface area (Å²) in [5.41, 5.74) is 3.42. The van der Waals surface area contributed by atoms with Gasteiger partial charge in [0.05, 0.1) is 38.1 Å². The molecule has 0 fully saturated rings. The summed E-state index contributed by atoms with van der Waals surface area (Å²) >= 11 is 0. The number of aliphatic hydroxyl groups is 1. The first-order valence-corrected chi connectivity index (χ1v) is 12.1. The number of ether oxygens (including phenoxy) is 3. The third kappa shape index (κ3) is 6.54. The molecule has 0 radical (unpaired) electrons. The molecule has 0 saturated carbocycles. The lowest BCUT2D eigenvalue weighted by Crippen LogP contribution is -2.12. The van der Waals surface area contributed by atoms with Crippen molar-refractivity contribution in [2.24, 2.45) is 0 Å². The molecule has 0 aliphatic carbocycles. The summed E-state index contributed by atoms with van der Waals surface area (Å²) in [7, 11) is -1.81. The van der Waals surface area contributed by atoms with Crippen molar-refractivity contribution < 1.29 is 38.0 Å². The fourth-order valence-electron chi connectivity index (χ4n) is 3.52. The lowest BCUT2D eigenvalue weighted by Gasteiger charge is -2.22. The number of aliphatic hydroxyl groups excluding tert-OH is 1. The summed E-state index contributed by atoms with van der Waals surface area (Å²) in [5, 5.41) is 20.8. The Morgan fingerprint density at radius 1 is 1.26 bits per heavy atom. The number of aromatic hydroxyl groups is 1. The molecule has 1 aromatic rings. The van der Waals surface area contributed by atoms with E-state index in [9.17, 15) is 14.8 Å². The summed E-state index contributed by atoms with van der Waals surface area (Å²) in [6, 6.07) is 0. The second-order valence-electron chi connectivity index (χ2n) is 8.19. The molecule has 9 heteroatoms. The molecule has 1 unspecified atom stereocenters. The van der Waals surface area contributed by atoms with E-state index >= 15 is 0 Å². The van der Waals surface area contributed by atoms with Gasteiger partial charge in [0.1, 0.15) is 17.8 Å². The highest BCUT2D eigenvalue weighted by Gasteiger charge is 2.31. The average Bonchev–Trinajstić information content (AvgIpc) is 3.04. The molecule has 1 heterocycles. The van der Waals surface area contributed by atoms with E-state index in [1.165, 1.54) is 0 Å². The SMILES string of the molecule is COc1c(C)c2c(c(O)c1C/C=C(\C)COCP(=O)(OC(C)C)OC(C)C)C(O)OC2. The largest absolute Gasteiger partial charge is 0.507 e. The molecule has 1 aliphatic heterocycles. The van der Waals surface area contributed by atoms with Gasteiger partial charge in [0.15, 0.2) is 6.29 Å². The molecular formula is C22H35O8P. The van der Waals surface area contributed by atoms with Gasteiger partial charge in [-0.2, -0.15) is 0 Å². The van der Waals surface area contributed by atoms with E-state index in [0.717, 1.165) is 16.7 Å². The molecule has 2 rings (SSSR count). The molecule has 2 N–H and O–H groups in total. The first kappa shape index (κ1) is 25.8. The molecule has 1 aromatic carbocycles. The molecule has 0 spiro atoms. The van der Waals surface area contributed by atoms with Gasteiger partial charge >= 0.3 is 7.60 Å². The van der Waals surface area contributed by atoms with E-state index in [0.29, 0.717) is 23.3 Å². The molecule has 31 heavy (non-hydrogen) atoms. The van der Waals surface area contributed by atoms with Crippen molar-refractivity contribution >= 4 is 7.60 Å². The molecule has 8 nitrogen and oxygen atoms in total. The number of hydrogen-bond donors (Lipinski definition) is 2. The van der Waals surface area contributed by atoms with E-state index < -0.39 is 13.9 Å². The zero-order chi connectivity index (χ0) is 23.3. The van der Waals surface area contributed by atoms with Crippen LogP contribution in [0.3, 0.4) is 0 Å². The van der Waals surface area contributed by atoms with Crippen LogP contribution in [0, 0.1) is 6.92 Å². The number of benzene rings is 1. The van der Waals surface area contributed by atoms with Crippen molar-refractivity contribution in [1.29, 1.82) is 0 Å². The van der Waals surface area contributed by atoms with Gasteiger partial charge in [0, 0.05) is 5.56 Å². The van der Waals surface area contributed by atoms with Crippen molar-refractivity contribution in [2.75, 3.05) is 20.1 Å². The van der Waals surface area contributed by atoms with Crippen LogP contribution in [0.5, 0.6) is 11.5 Å². The van der Waals surface area contributed by atoms with Gasteiger partial charge in [-0.05, 0) is 59.1 Å². The Labute approximate surface area is 184 Å². The Morgan fingerprint density at radius 2 is 1.87 bits per heavy atom. The number of fused-ring (bicyclic) bond motifs is 1. The molecular weight excluding hydrogens is 423 g/mol. The minimum atomic E-state index is -3.36. The van der Waals surface area contributed by atoms with Crippen LogP contribution in [0.1, 0.15) is 63.2 Å². The molecule has 0 saturated heterocycles. The Hall–Kier alpha value is -1.41. The number of hydrogen-bond acceptors (Lipinski definition) is 8. The number of allylic oxidation sites excluding steroid dienone is 1. The van der Waals surface area contributed by atoms with Crippen LogP contribution in [0.25, 0.3) is 0 Å². The third-order valence-electron chi connectivity index (χ3n) is 4.75. The molecule has 1 atom stereocenters. The summed E-state index contributed by atoms with van der Waals surface area (Å²) < 4.78 is 40.2. The summed E-state index contributed by atoms with van der Waals surface area (Å²) in [4.78, 5) is 0. The molecule has 1 aliphatic rings. The maximum atomic E-state index is 12.8. The quantitative estimate of drug-likeness (QED) is 0.362. The van der Waals surface area contributed by atoms with E-state index in [2.05, 4.69) is 0 Å². The first-order chi connectivity index (χ1) is 14.5. The zero-order valence-electron chi connectivity index (χ0n) is 19.4. The van der Waals surface area contributed by atoms with Crippen LogP contribution in [-0.2, 0) is 36.1 Å². The van der Waals surface area contributed by atoms with Crippen LogP contribution in [0.2, 0.25) is 0 Å². The first-order valence-electron chi connectivity index (χ1n) is 10.4. The zero-order valence-corrected chi connectivity index (χ0v) is 20.3. The number of phenolic OH excluding ortho intramolecular Hbond substituents is 1. The van der Waals surface area contributed by atoms with Crippen molar-refractivity contribution in [2.45, 2.75) is 73.1 Å². The Bertz CT molecular complexity index is 833. The standard InChI is InChI=1S/C22H35O8P/c1-13(2)29-31(25,30-14(3)4)12-27-10-15(5)8-9-17-20(23)19-18(11-28-22(19)24)16(6)21(17)26-7/h8,13-14,22-24H,9-12H2,1-7H3/b15-8+. The maximum absolute atomic E-state index is 12.8. The highest BCUT2D eigenvalue weighted by molar-refractivity contribution is 7.53. The van der Waals surface area contributed by atoms with Gasteiger partial charge < -0.3 is 33.5 Å². The van der Waals surface area contributed by atoms with Crippen LogP contribution in [0.15, 0.2) is 11.6 Å². The fourth-order valence-corrected chi connectivity index (χ4v) is 5.29. The second-order valence-corrected chi connectivity index (χ2v) is 10.1. The van der Waals surface area contributed by atoms with Crippen molar-refractivity contribution in [1.82, 2.24) is 0 Å². The Balaban J connectivity index is 2.10. The van der Waals surface area contributed by atoms with E-state index in [1.807, 2.05) is 19.9 Å². The van der Waals surface area contributed by atoms with E-state index in [1.54, 1.807) is 34.8 Å². The van der Waals surface area contributed by atoms with Crippen LogP contribution < -0.4 is 4.74 Å². The van der Waals surface area contributed by atoms with Gasteiger partial charge in [-0.1, -0.05) is 11.6 Å². The third-order valence-corrected chi connectivity index (χ3v) is 6.73. The van der Waals surface area contributed by atoms with Crippen LogP contribution in [-0.4, -0.2) is 42.5 Å². The van der Waals surface area contributed by atoms with E-state index in [4.69, 9.17) is 23.3 Å². The van der Waals surface area contributed by atoms with Gasteiger partial charge in [0.2, 0.25) is 0 Å². The average molecular weight is 458 g/mol. The van der Waals surface area contributed by atoms with Gasteiger partial charge in [-0.25, -0.2) is 0 Å². The lowest BCUT2D eigenvalue weighted by molar-refractivity contribution is -0.0926. The second kappa shape index (κ2) is 10.9. The number of phenols is 1. The van der Waals surface area contributed by atoms with Crippen molar-refractivity contribution in [3.8, 4) is 11.5 Å². The predicted molar refractivity (Wildman–Crippen MR) is 117 cm³/mol. The lowest BCUT2D eigenvalue weighted by atomic mass is 9.94. The highest BCUT2D eigenvalue weighted by atomic mass is 31.2. The van der Waals surface area contributed by atoms with Gasteiger partial charge in [-0.3, -0.25) is 4.57 Å². The van der Waals surface area contributed by atoms with Gasteiger partial charge in [-0.15, -0.1) is 0 Å². The van der Waals surface area contributed by atoms with Crippen molar-refractivity contribution in [3.05, 3.63) is 33.9 Å². The van der Waals surface area contributed by atoms with Crippen LogP contribution >= 0.6 is 7.60 Å². The van der Waals surface area contributed by atoms with Crippen LogP contribution in [0.4, 0.5) is 0 Å². The summed E-state index contributed by atoms with van der Waals surface area (Å²) in [6.07, 6.45) is 0.467. The molecule has 0 bridgehead atoms. The smallest absolute Gasteiger partial charge is 0.356 e. The summed E-state index contributed by atoms with van der Waals surface area (Å²) in [6.45, 7) is 11.4. The number of rotatable bonds is 11. The Kier molecular flexibility index (Phi) is 9.13. The molecule has 176 valence electrons. The number of methoxy groups -OCH3 is 1. The van der Waals surface area contributed by atoms with Gasteiger partial charge in [0.25, 0.3) is 0 Å². The minimum absolute atomic E-state index is 0.0208. The van der Waals surface area contributed by atoms with Crippen molar-refractivity contribution in [3.63, 3.8) is 0 Å². The Morgan fingerprint density at radius 3 is 2.42 bits per heavy atom. The monoisotopic (exact) mass is 458 g/mol. The van der Waals surface area contributed by atoms with E-state index in [-0.39, 0.29) is 37.5 Å². The topological polar surface area (TPSA) is 104 Å². The fraction of sp³-hybridized carbons (Fsp3) is 0.636. The summed E-state index contributed by atoms with van der Waals surface area (Å²) in [5.74, 6) is 0.548. The minimum Gasteiger partial charge on any atom is -0.507 e. The predicted octanol–water partition coefficient (Wildman–Crippen LogP) is 4.74. The normalized spacial score (nSPS) is 17.0. The molecule has 0 amide bonds. The molecule has 0 aromatic heterocycles.